The van der Waals surface area contributed by atoms with Crippen LogP contribution >= 0.6 is 0 Å². The summed E-state index contributed by atoms with van der Waals surface area (Å²) in [5.74, 6) is -1.42. The van der Waals surface area contributed by atoms with Gasteiger partial charge < -0.3 is 15.0 Å². The van der Waals surface area contributed by atoms with Crippen molar-refractivity contribution in [1.29, 1.82) is 0 Å². The third kappa shape index (κ3) is 6.74. The molecule has 3 amide bonds. The van der Waals surface area contributed by atoms with E-state index in [1.54, 1.807) is 0 Å². The number of nitro groups is 1. The number of imide groups is 1. The highest BCUT2D eigenvalue weighted by molar-refractivity contribution is 5.99. The molecule has 10 heteroatoms. The highest BCUT2D eigenvalue weighted by atomic mass is 16.6. The molecule has 1 fully saturated rings. The molecule has 10 nitrogen and oxygen atoms in total. The number of ether oxygens (including phenoxy) is 1. The number of carbonyl (C=O) groups excluding carboxylic acids is 3. The van der Waals surface area contributed by atoms with Crippen LogP contribution in [0.5, 0.6) is 0 Å². The van der Waals surface area contributed by atoms with E-state index < -0.39 is 29.4 Å². The summed E-state index contributed by atoms with van der Waals surface area (Å²) in [7, 11) is 0. The Morgan fingerprint density at radius 1 is 1.21 bits per heavy atom. The van der Waals surface area contributed by atoms with Gasteiger partial charge in [0.25, 0.3) is 11.6 Å². The summed E-state index contributed by atoms with van der Waals surface area (Å²) >= 11 is 0. The number of piperidine rings is 1. The van der Waals surface area contributed by atoms with Gasteiger partial charge in [-0.25, -0.2) is 9.59 Å². The Labute approximate surface area is 168 Å². The number of urea groups is 1. The van der Waals surface area contributed by atoms with E-state index in [1.165, 1.54) is 12.1 Å². The Morgan fingerprint density at radius 2 is 1.90 bits per heavy atom. The molecule has 1 aromatic rings. The first-order valence-electron chi connectivity index (χ1n) is 9.56. The molecule has 0 aliphatic carbocycles. The van der Waals surface area contributed by atoms with Crippen LogP contribution in [0.4, 0.5) is 16.2 Å². The van der Waals surface area contributed by atoms with Crippen LogP contribution in [-0.4, -0.2) is 49.1 Å². The SMILES string of the molecule is CC(C)CNC(=O)NC(=O)COC(=O)c1cc([N+](=O)[O-])ccc1N1CCCCC1. The number of carbonyl (C=O) groups is 3. The standard InChI is InChI=1S/C19H26N4O6/c1-13(2)11-20-19(26)21-17(24)12-29-18(25)15-10-14(23(27)28)6-7-16(15)22-8-4-3-5-9-22/h6-7,10,13H,3-5,8-9,11-12H2,1-2H3,(H2,20,21,24,26). The van der Waals surface area contributed by atoms with Crippen LogP contribution in [0.1, 0.15) is 43.5 Å². The Morgan fingerprint density at radius 3 is 2.52 bits per heavy atom. The van der Waals surface area contributed by atoms with Crippen molar-refractivity contribution in [3.8, 4) is 0 Å². The number of rotatable bonds is 7. The maximum atomic E-state index is 12.5. The van der Waals surface area contributed by atoms with Gasteiger partial charge >= 0.3 is 12.0 Å². The zero-order valence-corrected chi connectivity index (χ0v) is 16.6. The second kappa shape index (κ2) is 10.4. The molecular formula is C19H26N4O6. The van der Waals surface area contributed by atoms with Crippen molar-refractivity contribution >= 4 is 29.3 Å². The number of hydrogen-bond acceptors (Lipinski definition) is 7. The monoisotopic (exact) mass is 406 g/mol. The van der Waals surface area contributed by atoms with Crippen LogP contribution in [0.2, 0.25) is 0 Å². The smallest absolute Gasteiger partial charge is 0.341 e. The minimum atomic E-state index is -0.855. The molecule has 0 atom stereocenters. The first-order valence-corrected chi connectivity index (χ1v) is 9.56. The highest BCUT2D eigenvalue weighted by Gasteiger charge is 2.23. The van der Waals surface area contributed by atoms with E-state index in [0.29, 0.717) is 12.2 Å². The van der Waals surface area contributed by atoms with E-state index >= 15 is 0 Å². The zero-order valence-electron chi connectivity index (χ0n) is 16.6. The predicted molar refractivity (Wildman–Crippen MR) is 106 cm³/mol. The predicted octanol–water partition coefficient (Wildman–Crippen LogP) is 2.22. The fraction of sp³-hybridized carbons (Fsp3) is 0.526. The molecule has 1 aliphatic heterocycles. The first kappa shape index (κ1) is 22.1. The third-order valence-corrected chi connectivity index (χ3v) is 4.37. The number of esters is 1. The number of amides is 3. The summed E-state index contributed by atoms with van der Waals surface area (Å²) in [6.45, 7) is 5.00. The lowest BCUT2D eigenvalue weighted by Crippen LogP contribution is -2.42. The second-order valence-electron chi connectivity index (χ2n) is 7.23. The summed E-state index contributed by atoms with van der Waals surface area (Å²) in [6, 6.07) is 3.34. The summed E-state index contributed by atoms with van der Waals surface area (Å²) in [5, 5.41) is 15.7. The Hall–Kier alpha value is -3.17. The van der Waals surface area contributed by atoms with E-state index in [-0.39, 0.29) is 17.2 Å². The number of non-ortho nitro benzene ring substituents is 1. The highest BCUT2D eigenvalue weighted by Crippen LogP contribution is 2.28. The third-order valence-electron chi connectivity index (χ3n) is 4.37. The average molecular weight is 406 g/mol. The van der Waals surface area contributed by atoms with Crippen LogP contribution < -0.4 is 15.5 Å². The van der Waals surface area contributed by atoms with E-state index in [0.717, 1.165) is 38.4 Å². The molecule has 158 valence electrons. The number of hydrogen-bond donors (Lipinski definition) is 2. The van der Waals surface area contributed by atoms with Crippen LogP contribution in [0.25, 0.3) is 0 Å². The molecule has 2 rings (SSSR count). The molecule has 1 aliphatic rings. The lowest BCUT2D eigenvalue weighted by Gasteiger charge is -2.30. The molecule has 29 heavy (non-hydrogen) atoms. The van der Waals surface area contributed by atoms with Crippen LogP contribution in [-0.2, 0) is 9.53 Å². The van der Waals surface area contributed by atoms with Gasteiger partial charge in [-0.3, -0.25) is 20.2 Å². The summed E-state index contributed by atoms with van der Waals surface area (Å²) < 4.78 is 5.00. The van der Waals surface area contributed by atoms with E-state index in [1.807, 2.05) is 18.7 Å². The van der Waals surface area contributed by atoms with Crippen LogP contribution in [0.15, 0.2) is 18.2 Å². The molecule has 0 bridgehead atoms. The quantitative estimate of drug-likeness (QED) is 0.403. The number of anilines is 1. The average Bonchev–Trinajstić information content (AvgIpc) is 2.70. The maximum Gasteiger partial charge on any atom is 0.341 e. The molecular weight excluding hydrogens is 380 g/mol. The summed E-state index contributed by atoms with van der Waals surface area (Å²) in [6.07, 6.45) is 3.00. The molecule has 1 heterocycles. The fourth-order valence-electron chi connectivity index (χ4n) is 2.92. The molecule has 0 saturated carbocycles. The van der Waals surface area contributed by atoms with Gasteiger partial charge in [-0.1, -0.05) is 13.8 Å². The Kier molecular flexibility index (Phi) is 7.93. The maximum absolute atomic E-state index is 12.5. The van der Waals surface area contributed by atoms with Crippen molar-refractivity contribution in [2.24, 2.45) is 5.92 Å². The van der Waals surface area contributed by atoms with Gasteiger partial charge in [0.05, 0.1) is 16.2 Å². The summed E-state index contributed by atoms with van der Waals surface area (Å²) in [4.78, 5) is 48.4. The van der Waals surface area contributed by atoms with Crippen molar-refractivity contribution < 1.29 is 24.0 Å². The minimum Gasteiger partial charge on any atom is -0.452 e. The number of nitro benzene ring substituents is 1. The zero-order chi connectivity index (χ0) is 21.4. The van der Waals surface area contributed by atoms with Gasteiger partial charge in [-0.15, -0.1) is 0 Å². The lowest BCUT2D eigenvalue weighted by molar-refractivity contribution is -0.384. The van der Waals surface area contributed by atoms with Crippen LogP contribution in [0.3, 0.4) is 0 Å². The Bertz CT molecular complexity index is 774. The van der Waals surface area contributed by atoms with Gasteiger partial charge in [-0.2, -0.15) is 0 Å². The molecule has 0 unspecified atom stereocenters. The van der Waals surface area contributed by atoms with Crippen molar-refractivity contribution in [1.82, 2.24) is 10.6 Å². The number of nitrogens with zero attached hydrogens (tertiary/aromatic N) is 2. The normalized spacial score (nSPS) is 13.7. The number of benzene rings is 1. The second-order valence-corrected chi connectivity index (χ2v) is 7.23. The van der Waals surface area contributed by atoms with Gasteiger partial charge in [0.2, 0.25) is 0 Å². The van der Waals surface area contributed by atoms with E-state index in [9.17, 15) is 24.5 Å². The van der Waals surface area contributed by atoms with Crippen molar-refractivity contribution in [3.63, 3.8) is 0 Å². The first-order chi connectivity index (χ1) is 13.8. The van der Waals surface area contributed by atoms with Gasteiger partial charge in [0.1, 0.15) is 0 Å². The van der Waals surface area contributed by atoms with Gasteiger partial charge in [-0.05, 0) is 31.2 Å². The molecule has 0 aromatic heterocycles. The van der Waals surface area contributed by atoms with E-state index in [4.69, 9.17) is 4.74 Å². The minimum absolute atomic E-state index is 0.0261. The lowest BCUT2D eigenvalue weighted by atomic mass is 10.1. The Balaban J connectivity index is 2.04. The van der Waals surface area contributed by atoms with Crippen molar-refractivity contribution in [2.75, 3.05) is 31.1 Å². The summed E-state index contributed by atoms with van der Waals surface area (Å²) in [5.41, 5.74) is 0.323. The molecule has 0 spiro atoms. The van der Waals surface area contributed by atoms with Crippen LogP contribution in [0, 0.1) is 16.0 Å². The fourth-order valence-corrected chi connectivity index (χ4v) is 2.92. The van der Waals surface area contributed by atoms with Crippen molar-refractivity contribution in [2.45, 2.75) is 33.1 Å². The molecule has 0 radical (unpaired) electrons. The molecule has 1 saturated heterocycles. The van der Waals surface area contributed by atoms with E-state index in [2.05, 4.69) is 10.6 Å². The molecule has 2 N–H and O–H groups in total. The van der Waals surface area contributed by atoms with Gasteiger partial charge in [0, 0.05) is 31.8 Å². The largest absolute Gasteiger partial charge is 0.452 e. The molecule has 1 aromatic carbocycles. The van der Waals surface area contributed by atoms with Gasteiger partial charge in [0.15, 0.2) is 6.61 Å². The number of nitrogens with one attached hydrogen (secondary N) is 2. The topological polar surface area (TPSA) is 131 Å². The van der Waals surface area contributed by atoms with Crippen molar-refractivity contribution in [3.05, 3.63) is 33.9 Å².